The van der Waals surface area contributed by atoms with Crippen LogP contribution in [-0.2, 0) is 9.53 Å². The lowest BCUT2D eigenvalue weighted by atomic mass is 9.73. The van der Waals surface area contributed by atoms with Gasteiger partial charge in [0.15, 0.2) is 0 Å². The number of carbonyl (C=O) groups excluding carboxylic acids is 1. The molecule has 0 N–H and O–H groups in total. The van der Waals surface area contributed by atoms with Crippen LogP contribution in [-0.4, -0.2) is 35.0 Å². The SMILES string of the molecule is C=C[C@H]1CN2CC[C@@H]1C[C@H]2[C@H](OC(=O)CCCC)c1ccnc2ccccc12. The van der Waals surface area contributed by atoms with Crippen molar-refractivity contribution in [1.29, 1.82) is 0 Å². The Balaban J connectivity index is 1.68. The summed E-state index contributed by atoms with van der Waals surface area (Å²) in [5.74, 6) is 1.10. The molecule has 0 amide bonds. The Labute approximate surface area is 167 Å². The Hall–Kier alpha value is -2.20. The van der Waals surface area contributed by atoms with Gasteiger partial charge in [0.1, 0.15) is 6.10 Å². The second-order valence-electron chi connectivity index (χ2n) is 8.18. The first-order valence-electron chi connectivity index (χ1n) is 10.6. The molecule has 148 valence electrons. The molecule has 1 unspecified atom stereocenters. The van der Waals surface area contributed by atoms with Gasteiger partial charge in [-0.05, 0) is 49.8 Å². The average Bonchev–Trinajstić information content (AvgIpc) is 2.76. The number of para-hydroxylation sites is 1. The van der Waals surface area contributed by atoms with Crippen molar-refractivity contribution in [2.75, 3.05) is 13.1 Å². The van der Waals surface area contributed by atoms with E-state index in [9.17, 15) is 4.79 Å². The van der Waals surface area contributed by atoms with Gasteiger partial charge in [-0.15, -0.1) is 6.58 Å². The van der Waals surface area contributed by atoms with Crippen LogP contribution >= 0.6 is 0 Å². The van der Waals surface area contributed by atoms with Crippen LogP contribution < -0.4 is 0 Å². The van der Waals surface area contributed by atoms with Crippen LogP contribution in [0.3, 0.4) is 0 Å². The molecular formula is C24H30N2O2. The van der Waals surface area contributed by atoms with E-state index in [2.05, 4.69) is 35.5 Å². The summed E-state index contributed by atoms with van der Waals surface area (Å²) in [6.07, 6.45) is 8.33. The highest BCUT2D eigenvalue weighted by Crippen LogP contribution is 2.43. The highest BCUT2D eigenvalue weighted by Gasteiger charge is 2.44. The van der Waals surface area contributed by atoms with Crippen molar-refractivity contribution >= 4 is 16.9 Å². The van der Waals surface area contributed by atoms with Crippen molar-refractivity contribution in [3.63, 3.8) is 0 Å². The number of piperidine rings is 3. The minimum Gasteiger partial charge on any atom is -0.456 e. The van der Waals surface area contributed by atoms with Crippen LogP contribution in [0.15, 0.2) is 49.2 Å². The number of carbonyl (C=O) groups is 1. The molecule has 4 heteroatoms. The first kappa shape index (κ1) is 19.1. The summed E-state index contributed by atoms with van der Waals surface area (Å²) in [4.78, 5) is 19.6. The van der Waals surface area contributed by atoms with Crippen molar-refractivity contribution in [3.05, 3.63) is 54.7 Å². The largest absolute Gasteiger partial charge is 0.456 e. The molecule has 0 saturated carbocycles. The van der Waals surface area contributed by atoms with Gasteiger partial charge in [-0.1, -0.05) is 37.6 Å². The number of fused-ring (bicyclic) bond motifs is 4. The molecule has 5 atom stereocenters. The Morgan fingerprint density at radius 2 is 2.25 bits per heavy atom. The Morgan fingerprint density at radius 1 is 1.39 bits per heavy atom. The molecular weight excluding hydrogens is 348 g/mol. The van der Waals surface area contributed by atoms with E-state index < -0.39 is 0 Å². The predicted octanol–water partition coefficient (Wildman–Crippen LogP) is 4.91. The molecule has 2 bridgehead atoms. The lowest BCUT2D eigenvalue weighted by Gasteiger charge is -2.51. The van der Waals surface area contributed by atoms with Gasteiger partial charge in [-0.2, -0.15) is 0 Å². The van der Waals surface area contributed by atoms with Gasteiger partial charge < -0.3 is 4.74 Å². The van der Waals surface area contributed by atoms with Crippen LogP contribution in [0.4, 0.5) is 0 Å². The topological polar surface area (TPSA) is 42.4 Å². The maximum atomic E-state index is 12.6. The number of rotatable bonds is 7. The fraction of sp³-hybridized carbons (Fsp3) is 0.500. The highest BCUT2D eigenvalue weighted by molar-refractivity contribution is 5.82. The number of ether oxygens (including phenoxy) is 1. The third-order valence-electron chi connectivity index (χ3n) is 6.49. The van der Waals surface area contributed by atoms with Gasteiger partial charge >= 0.3 is 5.97 Å². The fourth-order valence-electron chi connectivity index (χ4n) is 4.93. The number of aromatic nitrogens is 1. The summed E-state index contributed by atoms with van der Waals surface area (Å²) in [6.45, 7) is 8.23. The molecule has 1 aromatic heterocycles. The Bertz CT molecular complexity index is 844. The fourth-order valence-corrected chi connectivity index (χ4v) is 4.93. The van der Waals surface area contributed by atoms with E-state index in [1.165, 1.54) is 6.42 Å². The number of pyridine rings is 1. The summed E-state index contributed by atoms with van der Waals surface area (Å²) in [7, 11) is 0. The number of hydrogen-bond donors (Lipinski definition) is 0. The van der Waals surface area contributed by atoms with Crippen molar-refractivity contribution in [3.8, 4) is 0 Å². The van der Waals surface area contributed by atoms with Gasteiger partial charge in [0.25, 0.3) is 0 Å². The van der Waals surface area contributed by atoms with Gasteiger partial charge in [0.05, 0.1) is 11.6 Å². The third-order valence-corrected chi connectivity index (χ3v) is 6.49. The smallest absolute Gasteiger partial charge is 0.306 e. The molecule has 3 aliphatic heterocycles. The molecule has 3 saturated heterocycles. The second-order valence-corrected chi connectivity index (χ2v) is 8.18. The van der Waals surface area contributed by atoms with Crippen molar-refractivity contribution in [2.45, 2.75) is 51.2 Å². The van der Waals surface area contributed by atoms with Gasteiger partial charge in [0.2, 0.25) is 0 Å². The average molecular weight is 379 g/mol. The van der Waals surface area contributed by atoms with Crippen molar-refractivity contribution in [2.24, 2.45) is 11.8 Å². The lowest BCUT2D eigenvalue weighted by molar-refractivity contribution is -0.157. The standard InChI is InChI=1S/C24H30N2O2/c1-3-5-10-23(27)28-24(20-11-13-25-21-9-7-6-8-19(20)21)22-15-18-12-14-26(22)16-17(18)4-2/h4,6-9,11,13,17-18,22,24H,2-3,5,10,12,14-16H2,1H3/t17-,18+,22-,24+/m0/s1. The first-order valence-corrected chi connectivity index (χ1v) is 10.6. The van der Waals surface area contributed by atoms with Gasteiger partial charge in [0, 0.05) is 30.1 Å². The van der Waals surface area contributed by atoms with E-state index in [0.29, 0.717) is 18.3 Å². The van der Waals surface area contributed by atoms with Crippen LogP contribution in [0.1, 0.15) is 50.7 Å². The van der Waals surface area contributed by atoms with E-state index in [1.54, 1.807) is 0 Å². The molecule has 2 aromatic rings. The maximum Gasteiger partial charge on any atom is 0.306 e. The third kappa shape index (κ3) is 3.70. The van der Waals surface area contributed by atoms with Crippen molar-refractivity contribution < 1.29 is 9.53 Å². The predicted molar refractivity (Wildman–Crippen MR) is 112 cm³/mol. The summed E-state index contributed by atoms with van der Waals surface area (Å²) >= 11 is 0. The van der Waals surface area contributed by atoms with E-state index in [0.717, 1.165) is 48.8 Å². The zero-order valence-electron chi connectivity index (χ0n) is 16.7. The molecule has 0 radical (unpaired) electrons. The monoisotopic (exact) mass is 378 g/mol. The summed E-state index contributed by atoms with van der Waals surface area (Å²) in [5.41, 5.74) is 2.04. The summed E-state index contributed by atoms with van der Waals surface area (Å²) in [6, 6.07) is 10.4. The molecule has 3 fully saturated rings. The maximum absolute atomic E-state index is 12.6. The zero-order valence-corrected chi connectivity index (χ0v) is 16.7. The van der Waals surface area contributed by atoms with Crippen molar-refractivity contribution in [1.82, 2.24) is 9.88 Å². The first-order chi connectivity index (χ1) is 13.7. The quantitative estimate of drug-likeness (QED) is 0.507. The van der Waals surface area contributed by atoms with Gasteiger partial charge in [-0.3, -0.25) is 14.7 Å². The Kier molecular flexibility index (Phi) is 5.77. The minimum atomic E-state index is -0.245. The molecule has 5 rings (SSSR count). The lowest BCUT2D eigenvalue weighted by Crippen LogP contribution is -2.55. The van der Waals surface area contributed by atoms with E-state index >= 15 is 0 Å². The number of hydrogen-bond acceptors (Lipinski definition) is 4. The van der Waals surface area contributed by atoms with E-state index in [4.69, 9.17) is 4.74 Å². The molecule has 1 aromatic carbocycles. The van der Waals surface area contributed by atoms with Crippen LogP contribution in [0, 0.1) is 11.8 Å². The van der Waals surface area contributed by atoms with Crippen LogP contribution in [0.2, 0.25) is 0 Å². The molecule has 4 heterocycles. The molecule has 4 nitrogen and oxygen atoms in total. The summed E-state index contributed by atoms with van der Waals surface area (Å²) in [5, 5.41) is 1.08. The molecule has 3 aliphatic rings. The molecule has 28 heavy (non-hydrogen) atoms. The zero-order chi connectivity index (χ0) is 19.5. The van der Waals surface area contributed by atoms with E-state index in [-0.39, 0.29) is 18.1 Å². The van der Waals surface area contributed by atoms with E-state index in [1.807, 2.05) is 30.5 Å². The Morgan fingerprint density at radius 3 is 3.00 bits per heavy atom. The second kappa shape index (κ2) is 8.44. The summed E-state index contributed by atoms with van der Waals surface area (Å²) < 4.78 is 6.17. The number of benzene rings is 1. The van der Waals surface area contributed by atoms with Crippen LogP contribution in [0.25, 0.3) is 10.9 Å². The number of nitrogens with zero attached hydrogens (tertiary/aromatic N) is 2. The van der Waals surface area contributed by atoms with Gasteiger partial charge in [-0.25, -0.2) is 0 Å². The molecule has 0 aliphatic carbocycles. The normalized spacial score (nSPS) is 27.5. The molecule has 0 spiro atoms. The number of esters is 1. The number of unbranched alkanes of at least 4 members (excludes halogenated alkanes) is 1. The minimum absolute atomic E-state index is 0.0874. The van der Waals surface area contributed by atoms with Crippen LogP contribution in [0.5, 0.6) is 0 Å². The highest BCUT2D eigenvalue weighted by atomic mass is 16.5.